The maximum atomic E-state index is 3.85. The number of aryl methyl sites for hydroxylation is 2. The highest BCUT2D eigenvalue weighted by Crippen LogP contribution is 2.26. The summed E-state index contributed by atoms with van der Waals surface area (Å²) in [6, 6.07) is 6.23. The van der Waals surface area contributed by atoms with E-state index >= 15 is 0 Å². The zero-order valence-corrected chi connectivity index (χ0v) is 31.5. The van der Waals surface area contributed by atoms with Gasteiger partial charge < -0.3 is 0 Å². The third-order valence-corrected chi connectivity index (χ3v) is 9.36. The summed E-state index contributed by atoms with van der Waals surface area (Å²) < 4.78 is 0. The van der Waals surface area contributed by atoms with Gasteiger partial charge in [-0.2, -0.15) is 0 Å². The third kappa shape index (κ3) is 23.5. The van der Waals surface area contributed by atoms with Crippen molar-refractivity contribution in [2.45, 2.75) is 207 Å². The Hall–Kier alpha value is -1.82. The second kappa shape index (κ2) is 33.1. The smallest absolute Gasteiger partial charge is 0.0143 e. The van der Waals surface area contributed by atoms with Crippen molar-refractivity contribution in [3.8, 4) is 0 Å². The molecule has 1 rings (SSSR count). The Morgan fingerprint density at radius 1 is 0.370 bits per heavy atom. The normalized spacial score (nSPS) is 12.3. The molecule has 1 radical (unpaired) electrons. The predicted molar refractivity (Wildman–Crippen MR) is 210 cm³/mol. The minimum atomic E-state index is 1.12. The van der Waals surface area contributed by atoms with Gasteiger partial charge in [-0.15, -0.1) is 0 Å². The van der Waals surface area contributed by atoms with E-state index in [1.807, 2.05) is 0 Å². The van der Waals surface area contributed by atoms with Crippen LogP contribution in [0.1, 0.15) is 204 Å². The molecule has 0 unspecified atom stereocenters. The van der Waals surface area contributed by atoms with Crippen molar-refractivity contribution < 1.29 is 0 Å². The van der Waals surface area contributed by atoms with Gasteiger partial charge in [-0.3, -0.25) is 0 Å². The van der Waals surface area contributed by atoms with Gasteiger partial charge in [0.05, 0.1) is 0 Å². The molecule has 0 aliphatic carbocycles. The van der Waals surface area contributed by atoms with E-state index in [9.17, 15) is 0 Å². The Kier molecular flexibility index (Phi) is 30.4. The van der Waals surface area contributed by atoms with Gasteiger partial charge in [0.2, 0.25) is 0 Å². The number of rotatable bonds is 32. The lowest BCUT2D eigenvalue weighted by Gasteiger charge is -2.18. The average molecular weight is 630 g/mol. The lowest BCUT2D eigenvalue weighted by atomic mass is 9.86. The van der Waals surface area contributed by atoms with Crippen molar-refractivity contribution in [1.82, 2.24) is 0 Å². The van der Waals surface area contributed by atoms with Crippen LogP contribution in [-0.2, 0) is 25.7 Å². The molecule has 0 aromatic heterocycles. The molecule has 0 aliphatic heterocycles. The second-order valence-corrected chi connectivity index (χ2v) is 13.7. The average Bonchev–Trinajstić information content (AvgIpc) is 3.07. The van der Waals surface area contributed by atoms with Crippen LogP contribution in [0.4, 0.5) is 0 Å². The van der Waals surface area contributed by atoms with Crippen LogP contribution in [0.5, 0.6) is 0 Å². The third-order valence-electron chi connectivity index (χ3n) is 9.36. The van der Waals surface area contributed by atoms with E-state index in [1.54, 1.807) is 16.7 Å². The van der Waals surface area contributed by atoms with E-state index in [4.69, 9.17) is 0 Å². The first-order valence-corrected chi connectivity index (χ1v) is 20.4. The van der Waals surface area contributed by atoms with Crippen LogP contribution >= 0.6 is 0 Å². The zero-order chi connectivity index (χ0) is 33.2. The Balaban J connectivity index is 3.03. The summed E-state index contributed by atoms with van der Waals surface area (Å²) in [4.78, 5) is 0. The van der Waals surface area contributed by atoms with Crippen LogP contribution in [0.25, 0.3) is 0 Å². The number of unbranched alkanes of at least 4 members (excludes halogenated alkanes) is 16. The molecule has 1 aromatic carbocycles. The largest absolute Gasteiger partial charge is 0.0885 e. The maximum Gasteiger partial charge on any atom is -0.0143 e. The standard InChI is InChI=1S/C46H77/c1-5-9-13-17-21-25-29-33-37-43-41-42-44(38-34-30-26-22-18-14-10-6-2)46(40-36-32-28-24-20-16-12-8-4)45(43)39-35-31-27-23-19-15-11-7-3/h25-32,41H,5-24,33-40H2,1-4H3/b29-25+,30-26+,31-27+,32-28+. The monoisotopic (exact) mass is 630 g/mol. The molecule has 0 N–H and O–H groups in total. The summed E-state index contributed by atoms with van der Waals surface area (Å²) in [7, 11) is 0. The fourth-order valence-electron chi connectivity index (χ4n) is 6.40. The van der Waals surface area contributed by atoms with E-state index < -0.39 is 0 Å². The molecule has 261 valence electrons. The molecule has 0 fully saturated rings. The van der Waals surface area contributed by atoms with Gasteiger partial charge in [0.1, 0.15) is 0 Å². The zero-order valence-electron chi connectivity index (χ0n) is 31.5. The maximum absolute atomic E-state index is 3.85. The number of allylic oxidation sites excluding steroid dienone is 8. The molecular weight excluding hydrogens is 553 g/mol. The second-order valence-electron chi connectivity index (χ2n) is 13.7. The minimum Gasteiger partial charge on any atom is -0.0885 e. The highest BCUT2D eigenvalue weighted by Gasteiger charge is 2.13. The van der Waals surface area contributed by atoms with Crippen molar-refractivity contribution >= 4 is 0 Å². The van der Waals surface area contributed by atoms with E-state index in [-0.39, 0.29) is 0 Å². The topological polar surface area (TPSA) is 0 Å². The molecule has 0 heterocycles. The van der Waals surface area contributed by atoms with Gasteiger partial charge in [-0.25, -0.2) is 0 Å². The Morgan fingerprint density at radius 3 is 1.13 bits per heavy atom. The lowest BCUT2D eigenvalue weighted by molar-refractivity contribution is 0.673. The summed E-state index contributed by atoms with van der Waals surface area (Å²) >= 11 is 0. The molecular formula is C46H77. The fraction of sp³-hybridized carbons (Fsp3) is 0.696. The molecule has 0 saturated heterocycles. The first-order chi connectivity index (χ1) is 22.8. The quantitative estimate of drug-likeness (QED) is 0.0549. The fourth-order valence-corrected chi connectivity index (χ4v) is 6.40. The predicted octanol–water partition coefficient (Wildman–Crippen LogP) is 15.3. The van der Waals surface area contributed by atoms with Crippen LogP contribution < -0.4 is 0 Å². The molecule has 46 heavy (non-hydrogen) atoms. The van der Waals surface area contributed by atoms with E-state index in [0.717, 1.165) is 44.9 Å². The van der Waals surface area contributed by atoms with E-state index in [1.165, 1.54) is 140 Å². The van der Waals surface area contributed by atoms with Crippen molar-refractivity contribution in [3.63, 3.8) is 0 Å². The van der Waals surface area contributed by atoms with Crippen LogP contribution in [0, 0.1) is 6.07 Å². The summed E-state index contributed by atoms with van der Waals surface area (Å²) in [6.45, 7) is 9.19. The number of hydrogen-bond acceptors (Lipinski definition) is 0. The van der Waals surface area contributed by atoms with E-state index in [0.29, 0.717) is 0 Å². The Labute approximate surface area is 289 Å². The number of benzene rings is 1. The highest BCUT2D eigenvalue weighted by molar-refractivity contribution is 5.42. The van der Waals surface area contributed by atoms with Gasteiger partial charge in [0.15, 0.2) is 0 Å². The molecule has 0 nitrogen and oxygen atoms in total. The van der Waals surface area contributed by atoms with Crippen LogP contribution in [-0.4, -0.2) is 0 Å². The first kappa shape index (κ1) is 42.2. The highest BCUT2D eigenvalue weighted by atomic mass is 14.2. The Morgan fingerprint density at radius 2 is 0.717 bits per heavy atom. The Bertz CT molecular complexity index is 835. The molecule has 0 spiro atoms. The number of hydrogen-bond donors (Lipinski definition) is 0. The van der Waals surface area contributed by atoms with Crippen LogP contribution in [0.15, 0.2) is 54.7 Å². The summed E-state index contributed by atoms with van der Waals surface area (Å²) in [6.07, 6.45) is 55.4. The van der Waals surface area contributed by atoms with Crippen molar-refractivity contribution in [3.05, 3.63) is 83.0 Å². The summed E-state index contributed by atoms with van der Waals surface area (Å²) in [5.74, 6) is 0. The molecule has 0 aliphatic rings. The van der Waals surface area contributed by atoms with E-state index in [2.05, 4.69) is 88.4 Å². The molecule has 0 bridgehead atoms. The lowest BCUT2D eigenvalue weighted by Crippen LogP contribution is -2.06. The molecule has 0 amide bonds. The molecule has 0 heteroatoms. The molecule has 1 aromatic rings. The minimum absolute atomic E-state index is 1.12. The van der Waals surface area contributed by atoms with Gasteiger partial charge in [0.25, 0.3) is 0 Å². The van der Waals surface area contributed by atoms with Crippen LogP contribution in [0.3, 0.4) is 0 Å². The van der Waals surface area contributed by atoms with Crippen molar-refractivity contribution in [2.75, 3.05) is 0 Å². The summed E-state index contributed by atoms with van der Waals surface area (Å²) in [5, 5.41) is 0. The van der Waals surface area contributed by atoms with Crippen LogP contribution in [0.2, 0.25) is 0 Å². The molecule has 0 saturated carbocycles. The first-order valence-electron chi connectivity index (χ1n) is 20.4. The van der Waals surface area contributed by atoms with Crippen molar-refractivity contribution in [2.24, 2.45) is 0 Å². The van der Waals surface area contributed by atoms with Gasteiger partial charge in [0, 0.05) is 0 Å². The van der Waals surface area contributed by atoms with Gasteiger partial charge in [-0.1, -0.05) is 159 Å². The van der Waals surface area contributed by atoms with Gasteiger partial charge in [-0.05, 0) is 131 Å². The van der Waals surface area contributed by atoms with Gasteiger partial charge >= 0.3 is 0 Å². The summed E-state index contributed by atoms with van der Waals surface area (Å²) in [5.41, 5.74) is 6.33. The van der Waals surface area contributed by atoms with Crippen molar-refractivity contribution in [1.29, 1.82) is 0 Å². The molecule has 0 atom stereocenters. The SMILES string of the molecule is CCCCCC/C=C/CCc1[c]cc(CC/C=C/CCCCCC)c(CC/C=C/CCCCCC)c1CC/C=C/CCCCCC.